The summed E-state index contributed by atoms with van der Waals surface area (Å²) in [5, 5.41) is 2.82. The van der Waals surface area contributed by atoms with Crippen molar-refractivity contribution >= 4 is 18.5 Å². The van der Waals surface area contributed by atoms with Crippen LogP contribution in [-0.2, 0) is 17.1 Å². The summed E-state index contributed by atoms with van der Waals surface area (Å²) < 4.78 is 0. The number of hydrogen-bond donors (Lipinski definition) is 0. The average molecular weight is 441 g/mol. The van der Waals surface area contributed by atoms with Crippen molar-refractivity contribution in [3.05, 3.63) is 124 Å². The van der Waals surface area contributed by atoms with Crippen LogP contribution < -0.4 is 10.6 Å². The molecule has 0 saturated heterocycles. The van der Waals surface area contributed by atoms with Crippen LogP contribution in [0.4, 0.5) is 0 Å². The van der Waals surface area contributed by atoms with Crippen LogP contribution in [0, 0.1) is 62.9 Å². The molecule has 1 unspecified atom stereocenters. The maximum atomic E-state index is 2.31. The van der Waals surface area contributed by atoms with E-state index in [0.29, 0.717) is 6.04 Å². The fourth-order valence-electron chi connectivity index (χ4n) is 3.16. The van der Waals surface area contributed by atoms with Gasteiger partial charge in [-0.25, -0.2) is 0 Å². The Morgan fingerprint density at radius 2 is 1.10 bits per heavy atom. The smallest absolute Gasteiger partial charge is 0.306 e. The van der Waals surface area contributed by atoms with Gasteiger partial charge in [0.1, 0.15) is 0 Å². The summed E-state index contributed by atoms with van der Waals surface area (Å²) in [6.07, 6.45) is 16.8. The third-order valence-corrected chi connectivity index (χ3v) is 7.39. The van der Waals surface area contributed by atoms with Crippen LogP contribution in [0.2, 0.25) is 0 Å². The second-order valence-electron chi connectivity index (χ2n) is 6.97. The number of hydrogen-bond acceptors (Lipinski definition) is 1. The van der Waals surface area contributed by atoms with Crippen molar-refractivity contribution in [3.63, 3.8) is 0 Å². The molecule has 2 fully saturated rings. The van der Waals surface area contributed by atoms with Crippen LogP contribution in [0.1, 0.15) is 6.92 Å². The Labute approximate surface area is 190 Å². The minimum atomic E-state index is -0.514. The molecule has 3 heteroatoms. The number of benzene rings is 2. The van der Waals surface area contributed by atoms with Crippen molar-refractivity contribution < 1.29 is 17.1 Å². The van der Waals surface area contributed by atoms with E-state index in [0.717, 1.165) is 0 Å². The zero-order valence-electron chi connectivity index (χ0n) is 17.2. The van der Waals surface area contributed by atoms with Gasteiger partial charge >= 0.3 is 17.1 Å². The van der Waals surface area contributed by atoms with E-state index in [1.807, 2.05) is 32.1 Å². The molecule has 148 valence electrons. The maximum Gasteiger partial charge on any atom is 2.00 e. The summed E-state index contributed by atoms with van der Waals surface area (Å²) >= 11 is 0. The first-order valence-electron chi connectivity index (χ1n) is 9.67. The average Bonchev–Trinajstić information content (AvgIpc) is 3.45. The molecule has 0 N–H and O–H groups in total. The van der Waals surface area contributed by atoms with Crippen molar-refractivity contribution in [1.82, 2.24) is 4.90 Å². The molecule has 4 rings (SSSR count). The minimum absolute atomic E-state index is 0. The maximum absolute atomic E-state index is 2.31. The van der Waals surface area contributed by atoms with Crippen LogP contribution in [-0.4, -0.2) is 25.0 Å². The van der Waals surface area contributed by atoms with Gasteiger partial charge in [0.2, 0.25) is 0 Å². The van der Waals surface area contributed by atoms with Crippen LogP contribution in [0.15, 0.2) is 60.7 Å². The van der Waals surface area contributed by atoms with Gasteiger partial charge in [0, 0.05) is 17.6 Å². The fourth-order valence-corrected chi connectivity index (χ4v) is 5.71. The van der Waals surface area contributed by atoms with Gasteiger partial charge in [0.25, 0.3) is 0 Å². The van der Waals surface area contributed by atoms with Crippen molar-refractivity contribution in [1.29, 1.82) is 0 Å². The van der Waals surface area contributed by atoms with Crippen LogP contribution in [0.25, 0.3) is 0 Å². The molecule has 0 heterocycles. The van der Waals surface area contributed by atoms with E-state index in [1.54, 1.807) is 0 Å². The molecule has 2 aliphatic carbocycles. The molecule has 2 aromatic carbocycles. The van der Waals surface area contributed by atoms with Crippen molar-refractivity contribution in [2.24, 2.45) is 0 Å². The third-order valence-electron chi connectivity index (χ3n) is 4.88. The molecule has 0 amide bonds. The van der Waals surface area contributed by atoms with Gasteiger partial charge in [0.15, 0.2) is 0 Å². The van der Waals surface area contributed by atoms with Gasteiger partial charge in [-0.3, -0.25) is 0 Å². The molecule has 0 aliphatic heterocycles. The Morgan fingerprint density at radius 3 is 1.52 bits per heavy atom. The van der Waals surface area contributed by atoms with Crippen molar-refractivity contribution in [3.8, 4) is 0 Å². The summed E-state index contributed by atoms with van der Waals surface area (Å²) in [7, 11) is 3.78. The Bertz CT molecular complexity index is 625. The van der Waals surface area contributed by atoms with E-state index in [-0.39, 0.29) is 17.1 Å². The van der Waals surface area contributed by atoms with Crippen molar-refractivity contribution in [2.75, 3.05) is 14.1 Å². The number of nitrogens with zero attached hydrogens (tertiary/aromatic N) is 1. The quantitative estimate of drug-likeness (QED) is 0.475. The Morgan fingerprint density at radius 1 is 0.655 bits per heavy atom. The topological polar surface area (TPSA) is 3.24 Å². The van der Waals surface area contributed by atoms with Crippen LogP contribution >= 0.6 is 7.92 Å². The molecule has 0 aromatic heterocycles. The molecule has 2 aromatic rings. The van der Waals surface area contributed by atoms with E-state index in [1.165, 1.54) is 22.2 Å². The Kier molecular flexibility index (Phi) is 11.0. The minimum Gasteiger partial charge on any atom is -0.306 e. The molecular formula is C26H28FeNP+2. The molecule has 10 radical (unpaired) electrons. The first-order valence-corrected chi connectivity index (χ1v) is 11.0. The first-order chi connectivity index (χ1) is 13.7. The van der Waals surface area contributed by atoms with Gasteiger partial charge in [0.05, 0.1) is 0 Å². The Hall–Kier alpha value is -0.651. The predicted molar refractivity (Wildman–Crippen MR) is 123 cm³/mol. The van der Waals surface area contributed by atoms with Gasteiger partial charge in [-0.15, -0.1) is 0 Å². The molecular weight excluding hydrogens is 413 g/mol. The SMILES string of the molecule is CC([C]1[CH][CH][CH][C]1P(c1ccccc1)c1ccccc1)N(C)C.[CH]1[CH][CH][CH][CH]1.[Fe+2]. The zero-order valence-corrected chi connectivity index (χ0v) is 19.2. The molecule has 29 heavy (non-hydrogen) atoms. The molecule has 2 aliphatic rings. The van der Waals surface area contributed by atoms with Gasteiger partial charge in [-0.1, -0.05) is 60.7 Å². The first kappa shape index (κ1) is 24.6. The summed E-state index contributed by atoms with van der Waals surface area (Å²) in [4.78, 5) is 2.28. The largest absolute Gasteiger partial charge is 2.00 e. The second-order valence-corrected chi connectivity index (χ2v) is 9.16. The summed E-state index contributed by atoms with van der Waals surface area (Å²) in [5.74, 6) is 1.44. The second kappa shape index (κ2) is 12.9. The van der Waals surface area contributed by atoms with Gasteiger partial charge in [-0.05, 0) is 90.9 Å². The van der Waals surface area contributed by atoms with Crippen LogP contribution in [0.3, 0.4) is 0 Å². The van der Waals surface area contributed by atoms with Gasteiger partial charge < -0.3 is 4.90 Å². The monoisotopic (exact) mass is 441 g/mol. The molecule has 1 atom stereocenters. The third kappa shape index (κ3) is 6.93. The number of rotatable bonds is 5. The molecule has 1 nitrogen and oxygen atoms in total. The fraction of sp³-hybridized carbons (Fsp3) is 0.154. The zero-order chi connectivity index (χ0) is 19.8. The van der Waals surface area contributed by atoms with E-state index >= 15 is 0 Å². The van der Waals surface area contributed by atoms with Crippen molar-refractivity contribution in [2.45, 2.75) is 13.0 Å². The van der Waals surface area contributed by atoms with E-state index in [2.05, 4.69) is 106 Å². The van der Waals surface area contributed by atoms with E-state index in [4.69, 9.17) is 0 Å². The van der Waals surface area contributed by atoms with E-state index in [9.17, 15) is 0 Å². The van der Waals surface area contributed by atoms with Crippen LogP contribution in [0.5, 0.6) is 0 Å². The molecule has 0 bridgehead atoms. The summed E-state index contributed by atoms with van der Waals surface area (Å²) in [5.41, 5.74) is 1.47. The summed E-state index contributed by atoms with van der Waals surface area (Å²) in [6, 6.07) is 22.2. The predicted octanol–water partition coefficient (Wildman–Crippen LogP) is 4.82. The molecule has 2 saturated carbocycles. The van der Waals surface area contributed by atoms with E-state index < -0.39 is 7.92 Å². The molecule has 0 spiro atoms. The normalized spacial score (nSPS) is 18.4. The van der Waals surface area contributed by atoms with Gasteiger partial charge in [-0.2, -0.15) is 0 Å². The Balaban J connectivity index is 0.000000437. The standard InChI is InChI=1S/C21H23NP.C5H5.Fe/c1-17(22(2)3)20-15-10-16-21(20)23(18-11-6-4-7-12-18)19-13-8-5-9-14-19;1-2-4-5-3-1;/h4-17H,1-3H3;1-5H;/q;;+2. The summed E-state index contributed by atoms with van der Waals surface area (Å²) in [6.45, 7) is 2.28.